The number of amides is 1. The lowest BCUT2D eigenvalue weighted by molar-refractivity contribution is 0.0757. The first kappa shape index (κ1) is 14.2. The molecule has 1 aliphatic heterocycles. The van der Waals surface area contributed by atoms with Crippen molar-refractivity contribution in [3.8, 4) is 0 Å². The first-order chi connectivity index (χ1) is 9.11. The highest BCUT2D eigenvalue weighted by atomic mass is 32.1. The molecule has 0 spiro atoms. The van der Waals surface area contributed by atoms with E-state index in [4.69, 9.17) is 0 Å². The maximum absolute atomic E-state index is 12.4. The fraction of sp³-hybridized carbons (Fsp3) is 0.769. The summed E-state index contributed by atoms with van der Waals surface area (Å²) in [5.41, 5.74) is 0. The topological polar surface area (TPSA) is 58.1 Å². The Morgan fingerprint density at radius 3 is 2.79 bits per heavy atom. The molecule has 1 saturated heterocycles. The monoisotopic (exact) mass is 282 g/mol. The smallest absolute Gasteiger partial charge is 0.284 e. The van der Waals surface area contributed by atoms with Gasteiger partial charge in [-0.3, -0.25) is 4.79 Å². The lowest BCUT2D eigenvalue weighted by atomic mass is 9.89. The second-order valence-corrected chi connectivity index (χ2v) is 6.37. The van der Waals surface area contributed by atoms with E-state index in [1.807, 2.05) is 4.90 Å². The Morgan fingerprint density at radius 2 is 2.16 bits per heavy atom. The molecule has 1 amide bonds. The molecule has 2 heterocycles. The highest BCUT2D eigenvalue weighted by Gasteiger charge is 2.25. The molecule has 6 heteroatoms. The summed E-state index contributed by atoms with van der Waals surface area (Å²) in [5, 5.41) is 12.0. The summed E-state index contributed by atoms with van der Waals surface area (Å²) in [6, 6.07) is 0. The van der Waals surface area contributed by atoms with Gasteiger partial charge in [-0.15, -0.1) is 10.2 Å². The third-order valence-electron chi connectivity index (χ3n) is 3.82. The first-order valence-corrected chi connectivity index (χ1v) is 7.74. The van der Waals surface area contributed by atoms with E-state index in [2.05, 4.69) is 29.4 Å². The fourth-order valence-corrected chi connectivity index (χ4v) is 3.20. The molecule has 0 saturated carbocycles. The summed E-state index contributed by atoms with van der Waals surface area (Å²) in [4.78, 5) is 14.3. The Labute approximate surface area is 118 Å². The second kappa shape index (κ2) is 6.32. The number of rotatable bonds is 3. The van der Waals surface area contributed by atoms with Crippen LogP contribution in [0.1, 0.15) is 42.9 Å². The average Bonchev–Trinajstić information content (AvgIpc) is 2.74. The third-order valence-corrected chi connectivity index (χ3v) is 4.75. The van der Waals surface area contributed by atoms with Crippen LogP contribution in [0.15, 0.2) is 0 Å². The van der Waals surface area contributed by atoms with Gasteiger partial charge in [-0.2, -0.15) is 0 Å². The van der Waals surface area contributed by atoms with Crippen LogP contribution in [0.5, 0.6) is 0 Å². The second-order valence-electron chi connectivity index (χ2n) is 5.39. The maximum atomic E-state index is 12.4. The van der Waals surface area contributed by atoms with Gasteiger partial charge in [0.2, 0.25) is 10.1 Å². The summed E-state index contributed by atoms with van der Waals surface area (Å²) in [6.07, 6.45) is 3.41. The Morgan fingerprint density at radius 1 is 1.37 bits per heavy atom. The van der Waals surface area contributed by atoms with Crippen molar-refractivity contribution in [2.75, 3.05) is 25.5 Å². The molecule has 1 aromatic heterocycles. The predicted molar refractivity (Wildman–Crippen MR) is 77.5 cm³/mol. The van der Waals surface area contributed by atoms with Crippen molar-refractivity contribution < 1.29 is 4.79 Å². The highest BCUT2D eigenvalue weighted by Crippen LogP contribution is 2.26. The van der Waals surface area contributed by atoms with E-state index in [1.165, 1.54) is 17.8 Å². The van der Waals surface area contributed by atoms with Crippen LogP contribution in [-0.2, 0) is 0 Å². The van der Waals surface area contributed by atoms with E-state index < -0.39 is 0 Å². The molecular weight excluding hydrogens is 260 g/mol. The molecule has 5 nitrogen and oxygen atoms in total. The molecule has 2 rings (SSSR count). The van der Waals surface area contributed by atoms with Crippen molar-refractivity contribution >= 4 is 22.4 Å². The van der Waals surface area contributed by atoms with Gasteiger partial charge in [0.1, 0.15) is 0 Å². The molecule has 0 radical (unpaired) electrons. The lowest BCUT2D eigenvalue weighted by Crippen LogP contribution is -2.32. The van der Waals surface area contributed by atoms with E-state index in [1.54, 1.807) is 7.05 Å². The van der Waals surface area contributed by atoms with Crippen LogP contribution in [0.4, 0.5) is 5.13 Å². The van der Waals surface area contributed by atoms with E-state index in [9.17, 15) is 4.79 Å². The van der Waals surface area contributed by atoms with Crippen LogP contribution in [-0.4, -0.2) is 41.1 Å². The van der Waals surface area contributed by atoms with E-state index in [0.29, 0.717) is 16.1 Å². The van der Waals surface area contributed by atoms with Crippen LogP contribution in [0.25, 0.3) is 0 Å². The van der Waals surface area contributed by atoms with Gasteiger partial charge in [0.05, 0.1) is 0 Å². The lowest BCUT2D eigenvalue weighted by Gasteiger charge is -2.20. The van der Waals surface area contributed by atoms with Crippen LogP contribution < -0.4 is 5.32 Å². The van der Waals surface area contributed by atoms with Crippen LogP contribution in [0.3, 0.4) is 0 Å². The summed E-state index contributed by atoms with van der Waals surface area (Å²) in [5.74, 6) is 1.47. The number of nitrogens with one attached hydrogen (secondary N) is 1. The highest BCUT2D eigenvalue weighted by molar-refractivity contribution is 7.17. The minimum Gasteiger partial charge on any atom is -0.363 e. The molecule has 1 aromatic rings. The molecule has 106 valence electrons. The van der Waals surface area contributed by atoms with Gasteiger partial charge in [0.25, 0.3) is 5.91 Å². The summed E-state index contributed by atoms with van der Waals surface area (Å²) < 4.78 is 0. The quantitative estimate of drug-likeness (QED) is 0.925. The number of likely N-dealkylation sites (tertiary alicyclic amines) is 1. The van der Waals surface area contributed by atoms with Crippen molar-refractivity contribution in [2.45, 2.75) is 33.1 Å². The molecule has 1 N–H and O–H groups in total. The molecule has 1 atom stereocenters. The van der Waals surface area contributed by atoms with Gasteiger partial charge < -0.3 is 10.2 Å². The van der Waals surface area contributed by atoms with Gasteiger partial charge in [0, 0.05) is 20.1 Å². The first-order valence-electron chi connectivity index (χ1n) is 6.92. The summed E-state index contributed by atoms with van der Waals surface area (Å²) in [7, 11) is 1.79. The van der Waals surface area contributed by atoms with Crippen molar-refractivity contribution in [1.29, 1.82) is 0 Å². The van der Waals surface area contributed by atoms with E-state index in [0.717, 1.165) is 31.8 Å². The average molecular weight is 282 g/mol. The minimum atomic E-state index is 0.0309. The number of anilines is 1. The molecular formula is C13H22N4OS. The van der Waals surface area contributed by atoms with E-state index in [-0.39, 0.29) is 5.91 Å². The number of nitrogens with zero attached hydrogens (tertiary/aromatic N) is 3. The van der Waals surface area contributed by atoms with Gasteiger partial charge >= 0.3 is 0 Å². The molecule has 0 bridgehead atoms. The Bertz CT molecular complexity index is 432. The standard InChI is InChI=1S/C13H22N4OS/c1-9(2)10-5-4-7-17(8-6-10)12(18)11-15-16-13(14-3)19-11/h9-10H,4-8H2,1-3H3,(H,14,16). The van der Waals surface area contributed by atoms with E-state index >= 15 is 0 Å². The summed E-state index contributed by atoms with van der Waals surface area (Å²) >= 11 is 1.32. The third kappa shape index (κ3) is 3.43. The zero-order valence-corrected chi connectivity index (χ0v) is 12.7. The predicted octanol–water partition coefficient (Wildman–Crippen LogP) is 2.48. The SMILES string of the molecule is CNc1nnc(C(=O)N2CCCC(C(C)C)CC2)s1. The van der Waals surface area contributed by atoms with Gasteiger partial charge in [-0.25, -0.2) is 0 Å². The normalized spacial score (nSPS) is 20.4. The van der Waals surface area contributed by atoms with Crippen LogP contribution in [0.2, 0.25) is 0 Å². The van der Waals surface area contributed by atoms with Crippen molar-refractivity contribution in [1.82, 2.24) is 15.1 Å². The molecule has 0 aliphatic carbocycles. The maximum Gasteiger partial charge on any atom is 0.284 e. The molecule has 19 heavy (non-hydrogen) atoms. The Balaban J connectivity index is 1.99. The number of carbonyl (C=O) groups excluding carboxylic acids is 1. The molecule has 0 aromatic carbocycles. The van der Waals surface area contributed by atoms with Gasteiger partial charge in [0.15, 0.2) is 0 Å². The Kier molecular flexibility index (Phi) is 4.74. The van der Waals surface area contributed by atoms with Gasteiger partial charge in [-0.1, -0.05) is 25.2 Å². The zero-order chi connectivity index (χ0) is 13.8. The summed E-state index contributed by atoms with van der Waals surface area (Å²) in [6.45, 7) is 6.23. The minimum absolute atomic E-state index is 0.0309. The largest absolute Gasteiger partial charge is 0.363 e. The number of hydrogen-bond acceptors (Lipinski definition) is 5. The van der Waals surface area contributed by atoms with Gasteiger partial charge in [-0.05, 0) is 31.1 Å². The molecule has 1 unspecified atom stereocenters. The molecule has 1 fully saturated rings. The fourth-order valence-electron chi connectivity index (χ4n) is 2.54. The number of aromatic nitrogens is 2. The Hall–Kier alpha value is -1.17. The van der Waals surface area contributed by atoms with Crippen LogP contribution in [0, 0.1) is 11.8 Å². The van der Waals surface area contributed by atoms with Crippen molar-refractivity contribution in [3.63, 3.8) is 0 Å². The van der Waals surface area contributed by atoms with Crippen molar-refractivity contribution in [3.05, 3.63) is 5.01 Å². The molecule has 1 aliphatic rings. The van der Waals surface area contributed by atoms with Crippen LogP contribution >= 0.6 is 11.3 Å². The van der Waals surface area contributed by atoms with Crippen molar-refractivity contribution in [2.24, 2.45) is 11.8 Å². The number of hydrogen-bond donors (Lipinski definition) is 1. The number of carbonyl (C=O) groups is 1. The zero-order valence-electron chi connectivity index (χ0n) is 11.8.